The number of piperazine rings is 1. The number of carbonyl (C=O) groups is 1. The molecule has 3 aromatic rings. The first-order chi connectivity index (χ1) is 15.6. The molecule has 1 aliphatic rings. The molecule has 1 atom stereocenters. The van der Waals surface area contributed by atoms with Gasteiger partial charge in [-0.1, -0.05) is 60.2 Å². The minimum absolute atomic E-state index is 0.000551. The molecule has 5 nitrogen and oxygen atoms in total. The predicted octanol–water partition coefficient (Wildman–Crippen LogP) is 4.36. The Balaban J connectivity index is 1.43. The van der Waals surface area contributed by atoms with Crippen LogP contribution >= 0.6 is 0 Å². The van der Waals surface area contributed by atoms with Crippen molar-refractivity contribution in [3.63, 3.8) is 0 Å². The second kappa shape index (κ2) is 10.2. The summed E-state index contributed by atoms with van der Waals surface area (Å²) in [7, 11) is 0. The maximum atomic E-state index is 13.3. The van der Waals surface area contributed by atoms with E-state index in [1.54, 1.807) is 0 Å². The molecule has 162 valence electrons. The van der Waals surface area contributed by atoms with E-state index < -0.39 is 0 Å². The smallest absolute Gasteiger partial charge is 0.246 e. The molecule has 1 fully saturated rings. The van der Waals surface area contributed by atoms with Gasteiger partial charge in [0.15, 0.2) is 0 Å². The van der Waals surface area contributed by atoms with E-state index >= 15 is 0 Å². The van der Waals surface area contributed by atoms with Crippen molar-refractivity contribution >= 4 is 11.6 Å². The van der Waals surface area contributed by atoms with Crippen molar-refractivity contribution in [3.8, 4) is 6.07 Å². The van der Waals surface area contributed by atoms with Crippen molar-refractivity contribution < 1.29 is 4.79 Å². The third-order valence-electron chi connectivity index (χ3n) is 5.94. The van der Waals surface area contributed by atoms with Gasteiger partial charge in [0.25, 0.3) is 0 Å². The fourth-order valence-electron chi connectivity index (χ4n) is 4.13. The summed E-state index contributed by atoms with van der Waals surface area (Å²) in [6.07, 6.45) is 0. The number of nitrogens with one attached hydrogen (secondary N) is 1. The molecule has 0 radical (unpaired) electrons. The number of hydrogen-bond acceptors (Lipinski definition) is 4. The molecule has 1 N–H and O–H groups in total. The van der Waals surface area contributed by atoms with Crippen molar-refractivity contribution in [3.05, 3.63) is 101 Å². The lowest BCUT2D eigenvalue weighted by molar-refractivity contribution is -0.122. The molecule has 3 aromatic carbocycles. The highest BCUT2D eigenvalue weighted by Gasteiger charge is 2.30. The fourth-order valence-corrected chi connectivity index (χ4v) is 4.13. The molecular weight excluding hydrogens is 396 g/mol. The molecule has 1 saturated heterocycles. The quantitative estimate of drug-likeness (QED) is 0.639. The Labute approximate surface area is 189 Å². The van der Waals surface area contributed by atoms with Crippen molar-refractivity contribution in [2.45, 2.75) is 19.5 Å². The summed E-state index contributed by atoms with van der Waals surface area (Å²) in [5, 5.41) is 12.1. The number of anilines is 1. The summed E-state index contributed by atoms with van der Waals surface area (Å²) >= 11 is 0. The van der Waals surface area contributed by atoms with Crippen LogP contribution in [0.25, 0.3) is 0 Å². The van der Waals surface area contributed by atoms with Crippen LogP contribution in [0.3, 0.4) is 0 Å². The second-order valence-corrected chi connectivity index (χ2v) is 8.29. The zero-order valence-corrected chi connectivity index (χ0v) is 18.4. The van der Waals surface area contributed by atoms with E-state index in [1.807, 2.05) is 85.8 Å². The van der Waals surface area contributed by atoms with Gasteiger partial charge in [-0.25, -0.2) is 0 Å². The normalized spacial score (nSPS) is 15.6. The molecule has 0 aromatic heterocycles. The molecule has 0 bridgehead atoms. The predicted molar refractivity (Wildman–Crippen MR) is 127 cm³/mol. The van der Waals surface area contributed by atoms with Gasteiger partial charge in [-0.05, 0) is 42.3 Å². The Hall–Kier alpha value is -3.46. The van der Waals surface area contributed by atoms with Crippen molar-refractivity contribution in [2.24, 2.45) is 0 Å². The van der Waals surface area contributed by atoms with Crippen LogP contribution in [0.2, 0.25) is 0 Å². The molecule has 1 amide bonds. The lowest BCUT2D eigenvalue weighted by Crippen LogP contribution is -2.49. The maximum Gasteiger partial charge on any atom is 0.246 e. The molecule has 5 heteroatoms. The lowest BCUT2D eigenvalue weighted by Gasteiger charge is -2.38. The van der Waals surface area contributed by atoms with E-state index in [0.29, 0.717) is 5.56 Å². The van der Waals surface area contributed by atoms with E-state index in [9.17, 15) is 4.79 Å². The average molecular weight is 425 g/mol. The van der Waals surface area contributed by atoms with Gasteiger partial charge < -0.3 is 5.32 Å². The van der Waals surface area contributed by atoms with Gasteiger partial charge in [0.05, 0.1) is 11.6 Å². The average Bonchev–Trinajstić information content (AvgIpc) is 2.83. The summed E-state index contributed by atoms with van der Waals surface area (Å²) in [4.78, 5) is 18.0. The van der Waals surface area contributed by atoms with Crippen LogP contribution in [0, 0.1) is 18.3 Å². The van der Waals surface area contributed by atoms with Crippen molar-refractivity contribution in [1.82, 2.24) is 9.80 Å². The molecule has 0 spiro atoms. The molecule has 0 saturated carbocycles. The fraction of sp³-hybridized carbons (Fsp3) is 0.259. The Morgan fingerprint density at radius 2 is 1.59 bits per heavy atom. The van der Waals surface area contributed by atoms with E-state index in [2.05, 4.69) is 21.2 Å². The zero-order valence-electron chi connectivity index (χ0n) is 18.4. The third-order valence-corrected chi connectivity index (χ3v) is 5.94. The van der Waals surface area contributed by atoms with E-state index in [0.717, 1.165) is 44.0 Å². The number of hydrogen-bond donors (Lipinski definition) is 1. The molecule has 0 aliphatic carbocycles. The SMILES string of the molecule is Cc1ccc(NC(=O)[C@H](c2ccccc2)N2CCN(Cc3ccc(C#N)cc3)CC2)cc1. The first-order valence-corrected chi connectivity index (χ1v) is 11.0. The summed E-state index contributed by atoms with van der Waals surface area (Å²) in [6.45, 7) is 6.30. The first kappa shape index (κ1) is 21.8. The minimum atomic E-state index is -0.324. The minimum Gasteiger partial charge on any atom is -0.324 e. The molecular formula is C27H28N4O. The van der Waals surface area contributed by atoms with Gasteiger partial charge in [-0.2, -0.15) is 5.26 Å². The molecule has 1 heterocycles. The summed E-state index contributed by atoms with van der Waals surface area (Å²) in [5.74, 6) is 0.000551. The number of nitrogens with zero attached hydrogens (tertiary/aromatic N) is 3. The molecule has 1 aliphatic heterocycles. The Morgan fingerprint density at radius 3 is 2.22 bits per heavy atom. The zero-order chi connectivity index (χ0) is 22.3. The number of carbonyl (C=O) groups excluding carboxylic acids is 1. The Morgan fingerprint density at radius 1 is 0.938 bits per heavy atom. The maximum absolute atomic E-state index is 13.3. The summed E-state index contributed by atoms with van der Waals surface area (Å²) in [5.41, 5.74) is 4.89. The van der Waals surface area contributed by atoms with Crippen LogP contribution < -0.4 is 5.32 Å². The van der Waals surface area contributed by atoms with Gasteiger partial charge in [-0.3, -0.25) is 14.6 Å². The third kappa shape index (κ3) is 5.42. The van der Waals surface area contributed by atoms with E-state index in [1.165, 1.54) is 11.1 Å². The van der Waals surface area contributed by atoms with E-state index in [4.69, 9.17) is 5.26 Å². The largest absolute Gasteiger partial charge is 0.324 e. The molecule has 0 unspecified atom stereocenters. The molecule has 4 rings (SSSR count). The van der Waals surface area contributed by atoms with Crippen LogP contribution in [0.5, 0.6) is 0 Å². The second-order valence-electron chi connectivity index (χ2n) is 8.29. The number of amides is 1. The van der Waals surface area contributed by atoms with Crippen LogP contribution in [-0.4, -0.2) is 41.9 Å². The monoisotopic (exact) mass is 424 g/mol. The summed E-state index contributed by atoms with van der Waals surface area (Å²) < 4.78 is 0. The van der Waals surface area contributed by atoms with Crippen molar-refractivity contribution in [1.29, 1.82) is 5.26 Å². The standard InChI is InChI=1S/C27H28N4O/c1-21-7-13-25(14-8-21)29-27(32)26(24-5-3-2-4-6-24)31-17-15-30(16-18-31)20-23-11-9-22(19-28)10-12-23/h2-14,26H,15-18,20H2,1H3,(H,29,32)/t26-/m0/s1. The van der Waals surface area contributed by atoms with Crippen molar-refractivity contribution in [2.75, 3.05) is 31.5 Å². The van der Waals surface area contributed by atoms with E-state index in [-0.39, 0.29) is 11.9 Å². The van der Waals surface area contributed by atoms with Crippen LogP contribution in [0.15, 0.2) is 78.9 Å². The van der Waals surface area contributed by atoms with Gasteiger partial charge in [0.2, 0.25) is 5.91 Å². The number of nitriles is 1. The highest BCUT2D eigenvalue weighted by Crippen LogP contribution is 2.25. The highest BCUT2D eigenvalue weighted by molar-refractivity contribution is 5.95. The Kier molecular flexibility index (Phi) is 6.96. The Bertz CT molecular complexity index is 1060. The van der Waals surface area contributed by atoms with Crippen LogP contribution in [0.1, 0.15) is 28.3 Å². The van der Waals surface area contributed by atoms with Gasteiger partial charge in [-0.15, -0.1) is 0 Å². The molecule has 32 heavy (non-hydrogen) atoms. The van der Waals surface area contributed by atoms with Gasteiger partial charge >= 0.3 is 0 Å². The van der Waals surface area contributed by atoms with Crippen LogP contribution in [0.4, 0.5) is 5.69 Å². The number of aryl methyl sites for hydroxylation is 1. The number of rotatable bonds is 6. The van der Waals surface area contributed by atoms with Crippen LogP contribution in [-0.2, 0) is 11.3 Å². The topological polar surface area (TPSA) is 59.4 Å². The number of benzene rings is 3. The highest BCUT2D eigenvalue weighted by atomic mass is 16.2. The summed E-state index contributed by atoms with van der Waals surface area (Å²) in [6, 6.07) is 27.6. The lowest BCUT2D eigenvalue weighted by atomic mass is 10.0. The van der Waals surface area contributed by atoms with Gasteiger partial charge in [0, 0.05) is 38.4 Å². The van der Waals surface area contributed by atoms with Gasteiger partial charge in [0.1, 0.15) is 6.04 Å². The first-order valence-electron chi connectivity index (χ1n) is 11.0.